The van der Waals surface area contributed by atoms with Gasteiger partial charge in [0.25, 0.3) is 11.2 Å². The lowest BCUT2D eigenvalue weighted by molar-refractivity contribution is -0.356. The van der Waals surface area contributed by atoms with E-state index in [2.05, 4.69) is 0 Å². The number of aromatic hydroxyl groups is 18. The monoisotopic (exact) mass is 1090 g/mol. The van der Waals surface area contributed by atoms with Gasteiger partial charge in [-0.3, -0.25) is 14.4 Å². The molecule has 0 saturated carbocycles. The van der Waals surface area contributed by atoms with Crippen LogP contribution in [0.1, 0.15) is 62.1 Å². The van der Waals surface area contributed by atoms with Crippen molar-refractivity contribution < 1.29 is 150 Å². The van der Waals surface area contributed by atoms with Gasteiger partial charge >= 0.3 is 23.7 Å². The van der Waals surface area contributed by atoms with Crippen molar-refractivity contribution in [1.29, 1.82) is 0 Å². The maximum Gasteiger partial charge on any atom is 0.341 e. The predicted octanol–water partition coefficient (Wildman–Crippen LogP) is 0.833. The molecule has 0 spiro atoms. The van der Waals surface area contributed by atoms with Crippen LogP contribution < -0.4 is 0 Å². The standard InChI is InChI=1S/C48H36O30/c49-13-32-42(71)46(39(68)14-1-20(50)33(62)21(51)2-14,76-43(72)17-7-26(56)36(65)27(57)8-17)47(40(69)15-3-22(52)34(63)23(53)4-15,77-44(73)18-9-28(58)37(66)29(59)10-18)48(75-32,41(70)16-5-24(54)35(64)25(55)6-16)78-45(74)19-11-30(60)38(67)31(61)12-19/h1-12,32,42,49-67,71H,13H2/t32-,42-,46+,47-,48-/m1/s1. The number of Topliss-reactive ketones (excluding diaryl/α,β-unsaturated/α-hetero) is 3. The molecule has 0 amide bonds. The normalized spacial score (nSPS) is 19.8. The number of esters is 3. The van der Waals surface area contributed by atoms with Gasteiger partial charge in [-0.05, 0) is 72.8 Å². The third-order valence-electron chi connectivity index (χ3n) is 11.9. The van der Waals surface area contributed by atoms with Gasteiger partial charge in [-0.2, -0.15) is 0 Å². The van der Waals surface area contributed by atoms with E-state index in [4.69, 9.17) is 18.9 Å². The highest BCUT2D eigenvalue weighted by atomic mass is 16.8. The number of carbonyl (C=O) groups excluding carboxylic acids is 6. The summed E-state index contributed by atoms with van der Waals surface area (Å²) in [6.07, 6.45) is -6.78. The molecule has 1 fully saturated rings. The first kappa shape index (κ1) is 54.8. The average Bonchev–Trinajstić information content (AvgIpc) is 3.42. The molecule has 0 aromatic heterocycles. The number of aliphatic hydroxyl groups is 2. The third-order valence-corrected chi connectivity index (χ3v) is 11.9. The summed E-state index contributed by atoms with van der Waals surface area (Å²) in [5, 5.41) is 214. The third kappa shape index (κ3) is 8.50. The zero-order chi connectivity index (χ0) is 58.0. The summed E-state index contributed by atoms with van der Waals surface area (Å²) in [6, 6.07) is 1.77. The molecule has 0 aliphatic carbocycles. The van der Waals surface area contributed by atoms with Gasteiger partial charge in [-0.25, -0.2) is 14.4 Å². The van der Waals surface area contributed by atoms with Crippen LogP contribution >= 0.6 is 0 Å². The van der Waals surface area contributed by atoms with Crippen LogP contribution in [-0.4, -0.2) is 173 Å². The number of ketones is 3. The molecule has 30 heteroatoms. The van der Waals surface area contributed by atoms with Crippen LogP contribution in [0.4, 0.5) is 0 Å². The molecular weight excluding hydrogens is 1060 g/mol. The lowest BCUT2D eigenvalue weighted by Gasteiger charge is -2.59. The Kier molecular flexibility index (Phi) is 13.6. The Bertz CT molecular complexity index is 3430. The van der Waals surface area contributed by atoms with E-state index in [9.17, 15) is 112 Å². The topological polar surface area (TPSA) is 544 Å². The van der Waals surface area contributed by atoms with Gasteiger partial charge in [-0.1, -0.05) is 0 Å². The van der Waals surface area contributed by atoms with Crippen molar-refractivity contribution in [3.63, 3.8) is 0 Å². The van der Waals surface area contributed by atoms with Crippen LogP contribution in [0.5, 0.6) is 103 Å². The minimum Gasteiger partial charge on any atom is -0.504 e. The second kappa shape index (κ2) is 19.4. The number of rotatable bonds is 13. The number of carbonyl (C=O) groups is 6. The summed E-state index contributed by atoms with van der Waals surface area (Å²) < 4.78 is 23.0. The molecule has 1 aliphatic heterocycles. The fourth-order valence-electron chi connectivity index (χ4n) is 8.12. The van der Waals surface area contributed by atoms with E-state index in [-0.39, 0.29) is 72.8 Å². The van der Waals surface area contributed by atoms with E-state index in [1.165, 1.54) is 0 Å². The minimum atomic E-state index is -5.27. The molecule has 0 unspecified atom stereocenters. The largest absolute Gasteiger partial charge is 0.504 e. The maximum atomic E-state index is 16.5. The van der Waals surface area contributed by atoms with E-state index in [1.54, 1.807) is 0 Å². The molecule has 6 aromatic rings. The number of benzene rings is 6. The van der Waals surface area contributed by atoms with E-state index >= 15 is 19.2 Å². The highest BCUT2D eigenvalue weighted by Gasteiger charge is 2.87. The van der Waals surface area contributed by atoms with Gasteiger partial charge in [0.15, 0.2) is 103 Å². The Morgan fingerprint density at radius 3 is 0.897 bits per heavy atom. The average molecular weight is 1090 g/mol. The molecule has 1 aliphatic rings. The summed E-state index contributed by atoms with van der Waals surface area (Å²) in [6.45, 7) is -1.96. The van der Waals surface area contributed by atoms with Gasteiger partial charge in [0, 0.05) is 16.7 Å². The van der Waals surface area contributed by atoms with Crippen LogP contribution in [0.25, 0.3) is 0 Å². The Morgan fingerprint density at radius 2 is 0.603 bits per heavy atom. The number of hydrogen-bond acceptors (Lipinski definition) is 30. The zero-order valence-electron chi connectivity index (χ0n) is 38.3. The zero-order valence-corrected chi connectivity index (χ0v) is 38.3. The van der Waals surface area contributed by atoms with Crippen molar-refractivity contribution in [2.45, 2.75) is 29.2 Å². The number of phenolic OH excluding ortho intramolecular Hbond substituents is 18. The fourth-order valence-corrected chi connectivity index (χ4v) is 8.12. The van der Waals surface area contributed by atoms with Gasteiger partial charge in [0.2, 0.25) is 17.3 Å². The molecular formula is C48H36O30. The van der Waals surface area contributed by atoms with Crippen molar-refractivity contribution in [2.75, 3.05) is 6.61 Å². The molecule has 1 saturated heterocycles. The predicted molar refractivity (Wildman–Crippen MR) is 244 cm³/mol. The second-order valence-corrected chi connectivity index (χ2v) is 16.7. The van der Waals surface area contributed by atoms with Gasteiger partial charge in [-0.15, -0.1) is 0 Å². The molecule has 1 heterocycles. The quantitative estimate of drug-likeness (QED) is 0.0330. The lowest BCUT2D eigenvalue weighted by Crippen LogP contribution is -2.88. The van der Waals surface area contributed by atoms with Crippen molar-refractivity contribution >= 4 is 35.3 Å². The molecule has 5 atom stereocenters. The van der Waals surface area contributed by atoms with Crippen LogP contribution in [-0.2, 0) is 18.9 Å². The van der Waals surface area contributed by atoms with Gasteiger partial charge in [0.05, 0.1) is 23.3 Å². The highest BCUT2D eigenvalue weighted by Crippen LogP contribution is 2.57. The number of hydrogen-bond donors (Lipinski definition) is 20. The molecule has 408 valence electrons. The summed E-state index contributed by atoms with van der Waals surface area (Å²) >= 11 is 0. The SMILES string of the molecule is O=C(O[C@@]1(C(=O)c2cc(O)c(O)c(O)c2)O[C@H](CO)[C@@H](O)[C@@](OC(=O)c2cc(O)c(O)c(O)c2)(C(=O)c2cc(O)c(O)c(O)c2)[C@]1(OC(=O)c1cc(O)c(O)c(O)c1)C(=O)c1cc(O)c(O)c(O)c1)c1cc(O)c(O)c(O)c1. The smallest absolute Gasteiger partial charge is 0.341 e. The second-order valence-electron chi connectivity index (χ2n) is 16.7. The van der Waals surface area contributed by atoms with Crippen LogP contribution in [0.2, 0.25) is 0 Å². The molecule has 6 aromatic carbocycles. The van der Waals surface area contributed by atoms with E-state index in [0.29, 0.717) is 0 Å². The van der Waals surface area contributed by atoms with Crippen molar-refractivity contribution in [1.82, 2.24) is 0 Å². The van der Waals surface area contributed by atoms with E-state index in [0.717, 1.165) is 0 Å². The summed E-state index contributed by atoms with van der Waals surface area (Å²) in [5.74, 6) is -46.7. The Hall–Kier alpha value is -11.0. The Balaban J connectivity index is 1.83. The summed E-state index contributed by atoms with van der Waals surface area (Å²) in [7, 11) is 0. The molecule has 30 nitrogen and oxygen atoms in total. The molecule has 78 heavy (non-hydrogen) atoms. The Morgan fingerprint density at radius 1 is 0.359 bits per heavy atom. The van der Waals surface area contributed by atoms with Crippen LogP contribution in [0, 0.1) is 0 Å². The molecule has 0 radical (unpaired) electrons. The van der Waals surface area contributed by atoms with Gasteiger partial charge < -0.3 is 121 Å². The maximum absolute atomic E-state index is 16.5. The number of ether oxygens (including phenoxy) is 4. The molecule has 20 N–H and O–H groups in total. The van der Waals surface area contributed by atoms with Crippen LogP contribution in [0.3, 0.4) is 0 Å². The van der Waals surface area contributed by atoms with E-state index in [1.807, 2.05) is 0 Å². The lowest BCUT2D eigenvalue weighted by atomic mass is 9.61. The van der Waals surface area contributed by atoms with Crippen LogP contribution in [0.15, 0.2) is 72.8 Å². The van der Waals surface area contributed by atoms with Gasteiger partial charge in [0.1, 0.15) is 12.2 Å². The minimum absolute atomic E-state index is 0.0618. The number of phenols is 18. The van der Waals surface area contributed by atoms with Crippen molar-refractivity contribution in [3.05, 3.63) is 106 Å². The summed E-state index contributed by atoms with van der Waals surface area (Å²) in [4.78, 5) is 93.8. The summed E-state index contributed by atoms with van der Waals surface area (Å²) in [5.41, 5.74) is -19.0. The molecule has 0 bridgehead atoms. The highest BCUT2D eigenvalue weighted by molar-refractivity contribution is 6.21. The van der Waals surface area contributed by atoms with Crippen molar-refractivity contribution in [3.8, 4) is 103 Å². The van der Waals surface area contributed by atoms with E-state index < -0.39 is 208 Å². The fraction of sp³-hybridized carbons (Fsp3) is 0.125. The number of aliphatic hydroxyl groups excluding tert-OH is 2. The first-order valence-corrected chi connectivity index (χ1v) is 21.2. The molecule has 7 rings (SSSR count). The first-order valence-electron chi connectivity index (χ1n) is 21.2. The van der Waals surface area contributed by atoms with Crippen molar-refractivity contribution in [2.24, 2.45) is 0 Å². The first-order chi connectivity index (χ1) is 36.4. The Labute approximate surface area is 429 Å².